The van der Waals surface area contributed by atoms with Gasteiger partial charge in [0, 0.05) is 25.4 Å². The monoisotopic (exact) mass is 257 g/mol. The number of carbonyl (C=O) groups excluding carboxylic acids is 1. The average molecular weight is 258 g/mol. The lowest BCUT2D eigenvalue weighted by Gasteiger charge is -2.14. The molecule has 1 aliphatic rings. The minimum Gasteiger partial charge on any atom is -0.341 e. The maximum Gasteiger partial charge on any atom is 0.307 e. The van der Waals surface area contributed by atoms with Crippen molar-refractivity contribution in [1.82, 2.24) is 4.90 Å². The van der Waals surface area contributed by atoms with E-state index in [1.807, 2.05) is 0 Å². The number of carbonyl (C=O) groups is 1. The van der Waals surface area contributed by atoms with Crippen LogP contribution in [0, 0.1) is 0 Å². The minimum absolute atomic E-state index is 0.0278. The molecule has 15 heavy (non-hydrogen) atoms. The van der Waals surface area contributed by atoms with Crippen LogP contribution in [0.15, 0.2) is 0 Å². The summed E-state index contributed by atoms with van der Waals surface area (Å²) in [5.41, 5.74) is 0. The second-order valence-electron chi connectivity index (χ2n) is 3.52. The predicted octanol–water partition coefficient (Wildman–Crippen LogP) is 0.906. The van der Waals surface area contributed by atoms with E-state index in [9.17, 15) is 17.1 Å². The zero-order valence-corrected chi connectivity index (χ0v) is 9.73. The third-order valence-electron chi connectivity index (χ3n) is 2.42. The number of amides is 1. The molecule has 1 heterocycles. The van der Waals surface area contributed by atoms with Crippen LogP contribution in [-0.2, 0) is 15.0 Å². The first kappa shape index (κ1) is 12.7. The first-order valence-electron chi connectivity index (χ1n) is 4.72. The minimum atomic E-state index is -4.51. The molecule has 1 unspecified atom stereocenters. The molecule has 1 aliphatic heterocycles. The van der Waals surface area contributed by atoms with Crippen LogP contribution in [0.3, 0.4) is 0 Å². The Morgan fingerprint density at radius 3 is 2.67 bits per heavy atom. The highest BCUT2D eigenvalue weighted by atomic mass is 35.5. The molecule has 1 rings (SSSR count). The highest BCUT2D eigenvalue weighted by Gasteiger charge is 2.34. The highest BCUT2D eigenvalue weighted by Crippen LogP contribution is 2.19. The molecule has 0 spiro atoms. The van der Waals surface area contributed by atoms with Crippen LogP contribution in [0.1, 0.15) is 19.3 Å². The van der Waals surface area contributed by atoms with Crippen molar-refractivity contribution in [2.24, 2.45) is 0 Å². The Hall–Kier alpha value is -0.360. The predicted molar refractivity (Wildman–Crippen MR) is 55.0 cm³/mol. The number of halogens is 2. The molecule has 0 bridgehead atoms. The molecule has 0 saturated carbocycles. The molecule has 0 aromatic rings. The maximum atomic E-state index is 12.6. The largest absolute Gasteiger partial charge is 0.341 e. The fraction of sp³-hybridized carbons (Fsp3) is 0.875. The lowest BCUT2D eigenvalue weighted by molar-refractivity contribution is -0.130. The van der Waals surface area contributed by atoms with Crippen LogP contribution >= 0.6 is 11.6 Å². The summed E-state index contributed by atoms with van der Waals surface area (Å²) in [7, 11) is -4.51. The fourth-order valence-electron chi connectivity index (χ4n) is 1.56. The number of hydrogen-bond acceptors (Lipinski definition) is 3. The summed E-state index contributed by atoms with van der Waals surface area (Å²) < 4.78 is 33.8. The topological polar surface area (TPSA) is 54.5 Å². The second-order valence-corrected chi connectivity index (χ2v) is 5.51. The molecule has 88 valence electrons. The summed E-state index contributed by atoms with van der Waals surface area (Å²) in [6.45, 7) is 0.287. The third kappa shape index (κ3) is 3.61. The van der Waals surface area contributed by atoms with E-state index >= 15 is 0 Å². The van der Waals surface area contributed by atoms with Gasteiger partial charge in [-0.2, -0.15) is 8.42 Å². The van der Waals surface area contributed by atoms with E-state index in [1.54, 1.807) is 0 Å². The zero-order valence-electron chi connectivity index (χ0n) is 8.16. The molecule has 1 fully saturated rings. The molecule has 7 heteroatoms. The Kier molecular flexibility index (Phi) is 4.33. The van der Waals surface area contributed by atoms with Crippen molar-refractivity contribution in [1.29, 1.82) is 0 Å². The molecular weight excluding hydrogens is 245 g/mol. The quantitative estimate of drug-likeness (QED) is 0.556. The number of alkyl halides is 1. The SMILES string of the molecule is O=C(CCCCl)N1CCC(S(=O)(=O)F)C1. The zero-order chi connectivity index (χ0) is 11.5. The standard InChI is InChI=1S/C8H13ClFNO3S/c9-4-1-2-8(12)11-5-3-7(6-11)15(10,13)14/h7H,1-6H2. The first-order valence-corrected chi connectivity index (χ1v) is 6.70. The Labute approximate surface area is 93.6 Å². The van der Waals surface area contributed by atoms with Crippen molar-refractivity contribution in [3.63, 3.8) is 0 Å². The van der Waals surface area contributed by atoms with Gasteiger partial charge in [-0.1, -0.05) is 0 Å². The van der Waals surface area contributed by atoms with E-state index in [4.69, 9.17) is 11.6 Å². The molecule has 0 N–H and O–H groups in total. The molecule has 1 amide bonds. The van der Waals surface area contributed by atoms with Crippen molar-refractivity contribution in [2.75, 3.05) is 19.0 Å². The summed E-state index contributed by atoms with van der Waals surface area (Å²) in [5, 5.41) is -1.04. The number of nitrogens with zero attached hydrogens (tertiary/aromatic N) is 1. The van der Waals surface area contributed by atoms with E-state index in [2.05, 4.69) is 0 Å². The van der Waals surface area contributed by atoms with Crippen molar-refractivity contribution in [3.05, 3.63) is 0 Å². The van der Waals surface area contributed by atoms with E-state index in [0.29, 0.717) is 25.3 Å². The van der Waals surface area contributed by atoms with Crippen LogP contribution in [0.2, 0.25) is 0 Å². The van der Waals surface area contributed by atoms with E-state index in [-0.39, 0.29) is 18.9 Å². The molecule has 0 aromatic carbocycles. The van der Waals surface area contributed by atoms with Gasteiger partial charge in [0.2, 0.25) is 5.91 Å². The van der Waals surface area contributed by atoms with Gasteiger partial charge in [-0.05, 0) is 12.8 Å². The van der Waals surface area contributed by atoms with Crippen molar-refractivity contribution < 1.29 is 17.1 Å². The van der Waals surface area contributed by atoms with Gasteiger partial charge in [0.15, 0.2) is 0 Å². The lowest BCUT2D eigenvalue weighted by Crippen LogP contribution is -2.30. The molecule has 0 aliphatic carbocycles. The lowest BCUT2D eigenvalue weighted by atomic mass is 10.3. The van der Waals surface area contributed by atoms with Crippen molar-refractivity contribution >= 4 is 27.7 Å². The van der Waals surface area contributed by atoms with E-state index < -0.39 is 15.5 Å². The summed E-state index contributed by atoms with van der Waals surface area (Å²) in [4.78, 5) is 12.8. The maximum absolute atomic E-state index is 12.6. The fourth-order valence-corrected chi connectivity index (χ4v) is 2.44. The van der Waals surface area contributed by atoms with Gasteiger partial charge in [0.25, 0.3) is 0 Å². The summed E-state index contributed by atoms with van der Waals surface area (Å²) in [6.07, 6.45) is 1.04. The van der Waals surface area contributed by atoms with Crippen LogP contribution in [0.5, 0.6) is 0 Å². The Bertz CT molecular complexity index is 333. The van der Waals surface area contributed by atoms with Gasteiger partial charge in [-0.3, -0.25) is 4.79 Å². The van der Waals surface area contributed by atoms with Crippen molar-refractivity contribution in [3.8, 4) is 0 Å². The molecular formula is C8H13ClFNO3S. The summed E-state index contributed by atoms with van der Waals surface area (Å²) in [5.74, 6) is 0.242. The van der Waals surface area contributed by atoms with Crippen molar-refractivity contribution in [2.45, 2.75) is 24.5 Å². The molecule has 0 radical (unpaired) electrons. The van der Waals surface area contributed by atoms with Crippen LogP contribution < -0.4 is 0 Å². The van der Waals surface area contributed by atoms with Gasteiger partial charge in [-0.15, -0.1) is 15.5 Å². The van der Waals surface area contributed by atoms with Gasteiger partial charge in [0.1, 0.15) is 5.25 Å². The summed E-state index contributed by atoms with van der Waals surface area (Å²) in [6, 6.07) is 0. The second kappa shape index (κ2) is 5.12. The van der Waals surface area contributed by atoms with Gasteiger partial charge in [0.05, 0.1) is 0 Å². The number of hydrogen-bond donors (Lipinski definition) is 0. The first-order chi connectivity index (χ1) is 6.95. The smallest absolute Gasteiger partial charge is 0.307 e. The molecule has 0 aromatic heterocycles. The normalized spacial score (nSPS) is 22.0. The van der Waals surface area contributed by atoms with Gasteiger partial charge >= 0.3 is 10.2 Å². The number of likely N-dealkylation sites (tertiary alicyclic amines) is 1. The highest BCUT2D eigenvalue weighted by molar-refractivity contribution is 7.87. The van der Waals surface area contributed by atoms with Gasteiger partial charge < -0.3 is 4.90 Å². The van der Waals surface area contributed by atoms with E-state index in [0.717, 1.165) is 0 Å². The van der Waals surface area contributed by atoms with E-state index in [1.165, 1.54) is 4.90 Å². The average Bonchev–Trinajstić information content (AvgIpc) is 2.62. The number of rotatable bonds is 4. The van der Waals surface area contributed by atoms with Crippen LogP contribution in [-0.4, -0.2) is 43.4 Å². The molecule has 1 saturated heterocycles. The van der Waals surface area contributed by atoms with Gasteiger partial charge in [-0.25, -0.2) is 0 Å². The molecule has 4 nitrogen and oxygen atoms in total. The molecule has 1 atom stereocenters. The Balaban J connectivity index is 2.46. The summed E-state index contributed by atoms with van der Waals surface area (Å²) >= 11 is 5.43. The van der Waals surface area contributed by atoms with Crippen LogP contribution in [0.25, 0.3) is 0 Å². The Morgan fingerprint density at radius 1 is 1.53 bits per heavy atom. The van der Waals surface area contributed by atoms with Crippen LogP contribution in [0.4, 0.5) is 3.89 Å². The Morgan fingerprint density at radius 2 is 2.20 bits per heavy atom. The third-order valence-corrected chi connectivity index (χ3v) is 3.87.